The molecule has 0 bridgehead atoms. The SMILES string of the molecule is Cc1ccc(CN2C(=O)C(O)(CC(=O)c3c(C)cc(C)cc3C)c3cc(Br)ccc32)cc1. The molecule has 0 saturated carbocycles. The summed E-state index contributed by atoms with van der Waals surface area (Å²) < 4.78 is 0.745. The molecule has 0 aliphatic carbocycles. The largest absolute Gasteiger partial charge is 0.375 e. The number of amides is 1. The van der Waals surface area contributed by atoms with Crippen LogP contribution in [0.1, 0.15) is 50.2 Å². The number of rotatable bonds is 5. The number of nitrogens with zero attached hydrogens (tertiary/aromatic N) is 1. The number of aliphatic hydroxyl groups is 1. The number of aryl methyl sites for hydroxylation is 4. The van der Waals surface area contributed by atoms with Gasteiger partial charge in [-0.25, -0.2) is 0 Å². The lowest BCUT2D eigenvalue weighted by Crippen LogP contribution is -2.41. The molecule has 1 unspecified atom stereocenters. The Labute approximate surface area is 197 Å². The van der Waals surface area contributed by atoms with Crippen LogP contribution in [0.25, 0.3) is 0 Å². The lowest BCUT2D eigenvalue weighted by molar-refractivity contribution is -0.136. The molecule has 3 aromatic rings. The highest BCUT2D eigenvalue weighted by Crippen LogP contribution is 2.45. The predicted octanol–water partition coefficient (Wildman–Crippen LogP) is 5.69. The number of ketones is 1. The van der Waals surface area contributed by atoms with Gasteiger partial charge >= 0.3 is 0 Å². The Bertz CT molecular complexity index is 1210. The van der Waals surface area contributed by atoms with Crippen LogP contribution in [0.2, 0.25) is 0 Å². The van der Waals surface area contributed by atoms with Crippen molar-refractivity contribution in [2.45, 2.75) is 46.3 Å². The lowest BCUT2D eigenvalue weighted by atomic mass is 9.85. The topological polar surface area (TPSA) is 57.6 Å². The van der Waals surface area contributed by atoms with Crippen molar-refractivity contribution in [1.82, 2.24) is 0 Å². The Hall–Kier alpha value is -2.76. The predicted molar refractivity (Wildman–Crippen MR) is 130 cm³/mol. The van der Waals surface area contributed by atoms with Crippen LogP contribution in [0.15, 0.2) is 59.1 Å². The summed E-state index contributed by atoms with van der Waals surface area (Å²) in [5, 5.41) is 11.7. The first-order valence-corrected chi connectivity index (χ1v) is 11.4. The summed E-state index contributed by atoms with van der Waals surface area (Å²) in [5.74, 6) is -0.707. The van der Waals surface area contributed by atoms with Crippen molar-refractivity contribution in [3.05, 3.63) is 98.0 Å². The van der Waals surface area contributed by atoms with Crippen LogP contribution in [-0.2, 0) is 16.9 Å². The molecular weight excluding hydrogens is 466 g/mol. The van der Waals surface area contributed by atoms with Crippen LogP contribution in [0.5, 0.6) is 0 Å². The average molecular weight is 492 g/mol. The summed E-state index contributed by atoms with van der Waals surface area (Å²) >= 11 is 3.45. The molecule has 1 aliphatic rings. The van der Waals surface area contributed by atoms with Crippen LogP contribution >= 0.6 is 15.9 Å². The number of carbonyl (C=O) groups excluding carboxylic acids is 2. The summed E-state index contributed by atoms with van der Waals surface area (Å²) in [4.78, 5) is 28.5. The third kappa shape index (κ3) is 3.91. The smallest absolute Gasteiger partial charge is 0.264 e. The summed E-state index contributed by atoms with van der Waals surface area (Å²) in [7, 11) is 0. The lowest BCUT2D eigenvalue weighted by Gasteiger charge is -2.23. The highest BCUT2D eigenvalue weighted by Gasteiger charge is 2.51. The van der Waals surface area contributed by atoms with Crippen LogP contribution in [-0.4, -0.2) is 16.8 Å². The Balaban J connectivity index is 1.73. The summed E-state index contributed by atoms with van der Waals surface area (Å²) in [6.45, 7) is 8.10. The molecule has 5 heteroatoms. The Morgan fingerprint density at radius 2 is 1.56 bits per heavy atom. The number of halogens is 1. The van der Waals surface area contributed by atoms with Gasteiger partial charge < -0.3 is 10.0 Å². The zero-order chi connectivity index (χ0) is 23.2. The van der Waals surface area contributed by atoms with Crippen molar-refractivity contribution in [1.29, 1.82) is 0 Å². The van der Waals surface area contributed by atoms with Crippen LogP contribution in [0.4, 0.5) is 5.69 Å². The second kappa shape index (κ2) is 8.30. The maximum absolute atomic E-state index is 13.6. The Morgan fingerprint density at radius 1 is 0.938 bits per heavy atom. The van der Waals surface area contributed by atoms with Gasteiger partial charge in [-0.3, -0.25) is 9.59 Å². The molecule has 1 atom stereocenters. The van der Waals surface area contributed by atoms with E-state index in [1.807, 2.05) is 76.2 Å². The molecule has 0 radical (unpaired) electrons. The van der Waals surface area contributed by atoms with Gasteiger partial charge in [-0.1, -0.05) is 63.5 Å². The van der Waals surface area contributed by atoms with Crippen molar-refractivity contribution >= 4 is 33.3 Å². The van der Waals surface area contributed by atoms with Gasteiger partial charge in [-0.05, 0) is 62.6 Å². The Morgan fingerprint density at radius 3 is 2.19 bits per heavy atom. The fraction of sp³-hybridized carbons (Fsp3) is 0.259. The van der Waals surface area contributed by atoms with Crippen molar-refractivity contribution < 1.29 is 14.7 Å². The summed E-state index contributed by atoms with van der Waals surface area (Å²) in [6.07, 6.45) is -0.301. The number of carbonyl (C=O) groups is 2. The van der Waals surface area contributed by atoms with Crippen molar-refractivity contribution in [3.63, 3.8) is 0 Å². The van der Waals surface area contributed by atoms with Crippen LogP contribution in [0, 0.1) is 27.7 Å². The van der Waals surface area contributed by atoms with Gasteiger partial charge in [-0.2, -0.15) is 0 Å². The second-order valence-electron chi connectivity index (χ2n) is 8.77. The first-order valence-electron chi connectivity index (χ1n) is 10.6. The molecule has 1 heterocycles. The molecule has 1 amide bonds. The van der Waals surface area contributed by atoms with E-state index in [1.54, 1.807) is 11.0 Å². The first-order chi connectivity index (χ1) is 15.1. The molecule has 32 heavy (non-hydrogen) atoms. The third-order valence-electron chi connectivity index (χ3n) is 6.13. The van der Waals surface area contributed by atoms with E-state index < -0.39 is 11.5 Å². The number of benzene rings is 3. The number of hydrogen-bond donors (Lipinski definition) is 1. The zero-order valence-corrected chi connectivity index (χ0v) is 20.3. The van der Waals surface area contributed by atoms with E-state index in [4.69, 9.17) is 0 Å². The summed E-state index contributed by atoms with van der Waals surface area (Å²) in [5.41, 5.74) is 4.63. The molecule has 164 valence electrons. The minimum Gasteiger partial charge on any atom is -0.375 e. The maximum atomic E-state index is 13.6. The van der Waals surface area contributed by atoms with E-state index in [9.17, 15) is 14.7 Å². The van der Waals surface area contributed by atoms with Crippen molar-refractivity contribution in [2.75, 3.05) is 4.90 Å². The van der Waals surface area contributed by atoms with Crippen LogP contribution < -0.4 is 4.90 Å². The van der Waals surface area contributed by atoms with E-state index in [0.717, 1.165) is 32.3 Å². The second-order valence-corrected chi connectivity index (χ2v) is 9.69. The van der Waals surface area contributed by atoms with E-state index in [-0.39, 0.29) is 12.2 Å². The molecule has 4 rings (SSSR count). The standard InChI is InChI=1S/C27H26BrNO3/c1-16-5-7-20(8-6-16)15-29-23-10-9-21(28)13-22(23)27(32,26(29)31)14-24(30)25-18(3)11-17(2)12-19(25)4/h5-13,32H,14-15H2,1-4H3. The fourth-order valence-corrected chi connectivity index (χ4v) is 5.03. The highest BCUT2D eigenvalue weighted by molar-refractivity contribution is 9.10. The molecular formula is C27H26BrNO3. The van der Waals surface area contributed by atoms with Gasteiger partial charge in [0.2, 0.25) is 0 Å². The number of Topliss-reactive ketones (excluding diaryl/α,β-unsaturated/α-hetero) is 1. The maximum Gasteiger partial charge on any atom is 0.264 e. The van der Waals surface area contributed by atoms with E-state index in [2.05, 4.69) is 15.9 Å². The molecule has 1 aliphatic heterocycles. The summed E-state index contributed by atoms with van der Waals surface area (Å²) in [6, 6.07) is 17.3. The monoisotopic (exact) mass is 491 g/mol. The average Bonchev–Trinajstić information content (AvgIpc) is 2.90. The zero-order valence-electron chi connectivity index (χ0n) is 18.7. The van der Waals surface area contributed by atoms with Crippen LogP contribution in [0.3, 0.4) is 0 Å². The number of fused-ring (bicyclic) bond motifs is 1. The van der Waals surface area contributed by atoms with E-state index in [0.29, 0.717) is 23.4 Å². The van der Waals surface area contributed by atoms with Gasteiger partial charge in [0.1, 0.15) is 0 Å². The normalized spacial score (nSPS) is 17.6. The quantitative estimate of drug-likeness (QED) is 0.466. The van der Waals surface area contributed by atoms with Gasteiger partial charge in [0.25, 0.3) is 5.91 Å². The van der Waals surface area contributed by atoms with E-state index in [1.165, 1.54) is 0 Å². The highest BCUT2D eigenvalue weighted by atomic mass is 79.9. The molecule has 3 aromatic carbocycles. The fourth-order valence-electron chi connectivity index (χ4n) is 4.67. The minimum atomic E-state index is -1.91. The third-order valence-corrected chi connectivity index (χ3v) is 6.62. The molecule has 0 fully saturated rings. The molecule has 4 nitrogen and oxygen atoms in total. The molecule has 1 N–H and O–H groups in total. The molecule has 0 saturated heterocycles. The number of hydrogen-bond acceptors (Lipinski definition) is 3. The van der Waals surface area contributed by atoms with Crippen molar-refractivity contribution in [3.8, 4) is 0 Å². The van der Waals surface area contributed by atoms with Gasteiger partial charge in [0.05, 0.1) is 18.7 Å². The van der Waals surface area contributed by atoms with Crippen molar-refractivity contribution in [2.24, 2.45) is 0 Å². The molecule has 0 aromatic heterocycles. The van der Waals surface area contributed by atoms with E-state index >= 15 is 0 Å². The Kier molecular flexibility index (Phi) is 5.82. The molecule has 0 spiro atoms. The number of anilines is 1. The van der Waals surface area contributed by atoms with Gasteiger partial charge in [-0.15, -0.1) is 0 Å². The van der Waals surface area contributed by atoms with Gasteiger partial charge in [0, 0.05) is 15.6 Å². The first kappa shape index (κ1) is 22.4. The minimum absolute atomic E-state index is 0.237. The van der Waals surface area contributed by atoms with Gasteiger partial charge in [0.15, 0.2) is 11.4 Å².